The van der Waals surface area contributed by atoms with Crippen LogP contribution in [0.5, 0.6) is 0 Å². The van der Waals surface area contributed by atoms with E-state index in [4.69, 9.17) is 0 Å². The first-order valence-electron chi connectivity index (χ1n) is 7.34. The smallest absolute Gasteiger partial charge is 0.0798 e. The molecule has 17 heavy (non-hydrogen) atoms. The highest BCUT2D eigenvalue weighted by Crippen LogP contribution is 2.30. The molecule has 2 aliphatic heterocycles. The van der Waals surface area contributed by atoms with E-state index in [1.807, 2.05) is 6.92 Å². The van der Waals surface area contributed by atoms with Crippen LogP contribution in [0, 0.1) is 0 Å². The van der Waals surface area contributed by atoms with Gasteiger partial charge in [0.1, 0.15) is 0 Å². The third-order valence-corrected chi connectivity index (χ3v) is 4.56. The van der Waals surface area contributed by atoms with Gasteiger partial charge in [-0.2, -0.15) is 0 Å². The molecule has 0 bridgehead atoms. The van der Waals surface area contributed by atoms with Crippen molar-refractivity contribution in [3.63, 3.8) is 0 Å². The fourth-order valence-electron chi connectivity index (χ4n) is 3.52. The van der Waals surface area contributed by atoms with Gasteiger partial charge in [-0.1, -0.05) is 19.8 Å². The quantitative estimate of drug-likeness (QED) is 0.789. The van der Waals surface area contributed by atoms with Crippen molar-refractivity contribution in [3.05, 3.63) is 0 Å². The summed E-state index contributed by atoms with van der Waals surface area (Å²) in [5, 5.41) is 14.0. The van der Waals surface area contributed by atoms with Crippen molar-refractivity contribution in [2.75, 3.05) is 19.6 Å². The Hall–Kier alpha value is -0.120. The Bertz CT molecular complexity index is 240. The SMILES string of the molecule is CCCC1CCCCN1C1CNCCC1(C)O. The molecule has 2 saturated heterocycles. The Kier molecular flexibility index (Phi) is 4.45. The Balaban J connectivity index is 2.06. The minimum atomic E-state index is -0.505. The van der Waals surface area contributed by atoms with Crippen LogP contribution in [0.3, 0.4) is 0 Å². The van der Waals surface area contributed by atoms with E-state index < -0.39 is 5.60 Å². The van der Waals surface area contributed by atoms with Crippen molar-refractivity contribution in [1.82, 2.24) is 10.2 Å². The third-order valence-electron chi connectivity index (χ3n) is 4.56. The third kappa shape index (κ3) is 3.01. The van der Waals surface area contributed by atoms with Crippen LogP contribution < -0.4 is 5.32 Å². The summed E-state index contributed by atoms with van der Waals surface area (Å²) in [6.45, 7) is 7.37. The molecule has 0 saturated carbocycles. The predicted octanol–water partition coefficient (Wildman–Crippen LogP) is 1.75. The van der Waals surface area contributed by atoms with Gasteiger partial charge in [0.2, 0.25) is 0 Å². The topological polar surface area (TPSA) is 35.5 Å². The lowest BCUT2D eigenvalue weighted by Gasteiger charge is -2.49. The standard InChI is InChI=1S/C14H28N2O/c1-3-6-12-7-4-5-10-16(12)13-11-15-9-8-14(13,2)17/h12-13,15,17H,3-11H2,1-2H3. The number of hydrogen-bond donors (Lipinski definition) is 2. The van der Waals surface area contributed by atoms with Crippen LogP contribution in [0.15, 0.2) is 0 Å². The van der Waals surface area contributed by atoms with Gasteiger partial charge in [-0.25, -0.2) is 0 Å². The molecule has 2 N–H and O–H groups in total. The maximum atomic E-state index is 10.6. The monoisotopic (exact) mass is 240 g/mol. The number of aliphatic hydroxyl groups is 1. The van der Waals surface area contributed by atoms with Crippen LogP contribution in [-0.4, -0.2) is 47.3 Å². The van der Waals surface area contributed by atoms with Crippen LogP contribution in [-0.2, 0) is 0 Å². The van der Waals surface area contributed by atoms with E-state index in [1.165, 1.54) is 38.6 Å². The molecule has 0 aromatic rings. The highest BCUT2D eigenvalue weighted by Gasteiger charge is 2.41. The van der Waals surface area contributed by atoms with Crippen LogP contribution in [0.25, 0.3) is 0 Å². The minimum absolute atomic E-state index is 0.313. The molecule has 3 atom stereocenters. The van der Waals surface area contributed by atoms with Gasteiger partial charge >= 0.3 is 0 Å². The van der Waals surface area contributed by atoms with Gasteiger partial charge < -0.3 is 10.4 Å². The Morgan fingerprint density at radius 1 is 1.41 bits per heavy atom. The van der Waals surface area contributed by atoms with E-state index in [0.717, 1.165) is 19.5 Å². The maximum absolute atomic E-state index is 10.6. The van der Waals surface area contributed by atoms with Gasteiger partial charge in [0.05, 0.1) is 11.6 Å². The first-order valence-corrected chi connectivity index (χ1v) is 7.34. The lowest BCUT2D eigenvalue weighted by atomic mass is 9.85. The normalized spacial score (nSPS) is 40.4. The van der Waals surface area contributed by atoms with Crippen molar-refractivity contribution in [2.45, 2.75) is 70.1 Å². The van der Waals surface area contributed by atoms with Gasteiger partial charge in [0.15, 0.2) is 0 Å². The number of nitrogens with one attached hydrogen (secondary N) is 1. The van der Waals surface area contributed by atoms with Gasteiger partial charge in [-0.3, -0.25) is 4.90 Å². The summed E-state index contributed by atoms with van der Waals surface area (Å²) < 4.78 is 0. The molecule has 3 heteroatoms. The summed E-state index contributed by atoms with van der Waals surface area (Å²) in [5.41, 5.74) is -0.505. The summed E-state index contributed by atoms with van der Waals surface area (Å²) in [6, 6.07) is 1.01. The van der Waals surface area contributed by atoms with Crippen LogP contribution in [0.2, 0.25) is 0 Å². The van der Waals surface area contributed by atoms with Crippen LogP contribution in [0.4, 0.5) is 0 Å². The zero-order valence-corrected chi connectivity index (χ0v) is 11.4. The van der Waals surface area contributed by atoms with E-state index >= 15 is 0 Å². The highest BCUT2D eigenvalue weighted by molar-refractivity contribution is 4.98. The molecular weight excluding hydrogens is 212 g/mol. The molecule has 3 unspecified atom stereocenters. The highest BCUT2D eigenvalue weighted by atomic mass is 16.3. The van der Waals surface area contributed by atoms with Crippen LogP contribution in [0.1, 0.15) is 52.4 Å². The second-order valence-electron chi connectivity index (χ2n) is 6.00. The second-order valence-corrected chi connectivity index (χ2v) is 6.00. The number of rotatable bonds is 3. The Labute approximate surface area is 106 Å². The minimum Gasteiger partial charge on any atom is -0.388 e. The number of likely N-dealkylation sites (tertiary alicyclic amines) is 1. The summed E-state index contributed by atoms with van der Waals surface area (Å²) in [4.78, 5) is 2.60. The zero-order valence-electron chi connectivity index (χ0n) is 11.4. The van der Waals surface area contributed by atoms with Gasteiger partial charge in [-0.05, 0) is 45.7 Å². The summed E-state index contributed by atoms with van der Waals surface area (Å²) in [5.74, 6) is 0. The number of piperidine rings is 2. The molecule has 0 amide bonds. The van der Waals surface area contributed by atoms with E-state index in [2.05, 4.69) is 17.1 Å². The molecule has 2 aliphatic rings. The Morgan fingerprint density at radius 2 is 2.24 bits per heavy atom. The number of nitrogens with zero attached hydrogens (tertiary/aromatic N) is 1. The molecule has 3 nitrogen and oxygen atoms in total. The Morgan fingerprint density at radius 3 is 2.94 bits per heavy atom. The molecule has 100 valence electrons. The van der Waals surface area contributed by atoms with Crippen molar-refractivity contribution >= 4 is 0 Å². The molecule has 0 aliphatic carbocycles. The van der Waals surface area contributed by atoms with Gasteiger partial charge in [-0.15, -0.1) is 0 Å². The molecule has 2 heterocycles. The van der Waals surface area contributed by atoms with E-state index in [9.17, 15) is 5.11 Å². The zero-order chi connectivity index (χ0) is 12.3. The summed E-state index contributed by atoms with van der Waals surface area (Å²) in [6.07, 6.45) is 7.40. The molecule has 0 spiro atoms. The molecule has 0 aromatic carbocycles. The number of hydrogen-bond acceptors (Lipinski definition) is 3. The van der Waals surface area contributed by atoms with Crippen molar-refractivity contribution in [2.24, 2.45) is 0 Å². The largest absolute Gasteiger partial charge is 0.388 e. The lowest BCUT2D eigenvalue weighted by Crippen LogP contribution is -2.63. The predicted molar refractivity (Wildman–Crippen MR) is 71.2 cm³/mol. The fraction of sp³-hybridized carbons (Fsp3) is 1.00. The van der Waals surface area contributed by atoms with Crippen molar-refractivity contribution in [1.29, 1.82) is 0 Å². The molecule has 0 aromatic heterocycles. The van der Waals surface area contributed by atoms with E-state index in [-0.39, 0.29) is 0 Å². The maximum Gasteiger partial charge on any atom is 0.0798 e. The summed E-state index contributed by atoms with van der Waals surface area (Å²) in [7, 11) is 0. The van der Waals surface area contributed by atoms with Gasteiger partial charge in [0.25, 0.3) is 0 Å². The second kappa shape index (κ2) is 5.68. The first kappa shape index (κ1) is 13.3. The summed E-state index contributed by atoms with van der Waals surface area (Å²) >= 11 is 0. The van der Waals surface area contributed by atoms with Crippen molar-refractivity contribution < 1.29 is 5.11 Å². The van der Waals surface area contributed by atoms with Crippen molar-refractivity contribution in [3.8, 4) is 0 Å². The first-order chi connectivity index (χ1) is 8.15. The molecule has 2 fully saturated rings. The molecular formula is C14H28N2O. The fourth-order valence-corrected chi connectivity index (χ4v) is 3.52. The average molecular weight is 240 g/mol. The van der Waals surface area contributed by atoms with Gasteiger partial charge in [0, 0.05) is 12.6 Å². The molecule has 2 rings (SSSR count). The lowest BCUT2D eigenvalue weighted by molar-refractivity contribution is -0.0751. The average Bonchev–Trinajstić information content (AvgIpc) is 2.30. The van der Waals surface area contributed by atoms with E-state index in [0.29, 0.717) is 12.1 Å². The van der Waals surface area contributed by atoms with Crippen LogP contribution >= 0.6 is 0 Å². The van der Waals surface area contributed by atoms with E-state index in [1.54, 1.807) is 0 Å². The molecule has 0 radical (unpaired) electrons.